The average molecular weight is 359 g/mol. The van der Waals surface area contributed by atoms with Crippen molar-refractivity contribution in [3.8, 4) is 0 Å². The molecule has 0 heterocycles. The average Bonchev–Trinajstić information content (AvgIpc) is 2.58. The summed E-state index contributed by atoms with van der Waals surface area (Å²) in [5.74, 6) is 0. The van der Waals surface area contributed by atoms with Crippen LogP contribution in [0.1, 0.15) is 7.43 Å². The topological polar surface area (TPSA) is 60.2 Å². The van der Waals surface area contributed by atoms with Crippen molar-refractivity contribution in [2.45, 2.75) is 7.43 Å². The molecule has 0 unspecified atom stereocenters. The smallest absolute Gasteiger partial charge is 0.198 e. The number of thiol groups is 1. The van der Waals surface area contributed by atoms with Crippen molar-refractivity contribution < 1.29 is 8.42 Å². The SMILES string of the molecule is C.N[SH](=O)=O.c1ccc(P(c2ccccc2)c2ccccc2)cc1. The zero-order chi connectivity index (χ0) is 16.5. The molecule has 0 aromatic heterocycles. The van der Waals surface area contributed by atoms with E-state index >= 15 is 0 Å². The van der Waals surface area contributed by atoms with Crippen molar-refractivity contribution in [3.05, 3.63) is 91.0 Å². The number of hydrogen-bond acceptors (Lipinski definition) is 2. The Morgan fingerprint density at radius 2 is 0.792 bits per heavy atom. The second-order valence-electron chi connectivity index (χ2n) is 4.63. The van der Waals surface area contributed by atoms with Crippen LogP contribution in [0, 0.1) is 0 Å². The Balaban J connectivity index is 0.000000522. The van der Waals surface area contributed by atoms with Crippen LogP contribution in [0.2, 0.25) is 0 Å². The first-order chi connectivity index (χ1) is 11.2. The minimum absolute atomic E-state index is 0. The van der Waals surface area contributed by atoms with Gasteiger partial charge in [-0.3, -0.25) is 0 Å². The van der Waals surface area contributed by atoms with Gasteiger partial charge in [0.25, 0.3) is 0 Å². The lowest BCUT2D eigenvalue weighted by Crippen LogP contribution is -2.20. The van der Waals surface area contributed by atoms with Crippen LogP contribution < -0.4 is 21.1 Å². The molecule has 0 bridgehead atoms. The summed E-state index contributed by atoms with van der Waals surface area (Å²) >= 11 is 0. The van der Waals surface area contributed by atoms with E-state index in [0.29, 0.717) is 0 Å². The molecule has 0 radical (unpaired) electrons. The molecule has 0 aliphatic rings. The van der Waals surface area contributed by atoms with Crippen LogP contribution in [-0.2, 0) is 10.9 Å². The van der Waals surface area contributed by atoms with Crippen LogP contribution in [0.25, 0.3) is 0 Å². The summed E-state index contributed by atoms with van der Waals surface area (Å²) in [6.45, 7) is 0. The van der Waals surface area contributed by atoms with E-state index in [-0.39, 0.29) is 7.43 Å². The van der Waals surface area contributed by atoms with Crippen LogP contribution in [-0.4, -0.2) is 8.42 Å². The van der Waals surface area contributed by atoms with Gasteiger partial charge in [-0.1, -0.05) is 98.4 Å². The van der Waals surface area contributed by atoms with E-state index in [4.69, 9.17) is 8.42 Å². The molecule has 0 fully saturated rings. The molecule has 0 atom stereocenters. The van der Waals surface area contributed by atoms with Gasteiger partial charge in [-0.15, -0.1) is 0 Å². The summed E-state index contributed by atoms with van der Waals surface area (Å²) in [7, 11) is -3.07. The molecule has 3 rings (SSSR count). The van der Waals surface area contributed by atoms with Crippen molar-refractivity contribution in [3.63, 3.8) is 0 Å². The molecule has 3 aromatic carbocycles. The molecule has 126 valence electrons. The van der Waals surface area contributed by atoms with Crippen molar-refractivity contribution in [2.24, 2.45) is 5.14 Å². The number of benzene rings is 3. The number of rotatable bonds is 3. The summed E-state index contributed by atoms with van der Waals surface area (Å²) in [4.78, 5) is 0. The highest BCUT2D eigenvalue weighted by atomic mass is 32.2. The normalized spacial score (nSPS) is 9.79. The van der Waals surface area contributed by atoms with E-state index in [2.05, 4.69) is 96.1 Å². The number of hydrogen-bond donors (Lipinski definition) is 2. The summed E-state index contributed by atoms with van der Waals surface area (Å²) in [5.41, 5.74) is 0. The second-order valence-corrected chi connectivity index (χ2v) is 7.42. The monoisotopic (exact) mass is 359 g/mol. The lowest BCUT2D eigenvalue weighted by atomic mass is 10.4. The fourth-order valence-corrected chi connectivity index (χ4v) is 4.48. The van der Waals surface area contributed by atoms with Crippen molar-refractivity contribution in [1.82, 2.24) is 0 Å². The molecule has 0 saturated heterocycles. The van der Waals surface area contributed by atoms with Crippen molar-refractivity contribution in [1.29, 1.82) is 0 Å². The van der Waals surface area contributed by atoms with Crippen molar-refractivity contribution in [2.75, 3.05) is 0 Å². The van der Waals surface area contributed by atoms with Crippen molar-refractivity contribution >= 4 is 34.7 Å². The minimum atomic E-state index is -2.62. The Hall–Kier alpha value is -2.00. The van der Waals surface area contributed by atoms with Gasteiger partial charge in [0.15, 0.2) is 10.9 Å². The summed E-state index contributed by atoms with van der Waals surface area (Å²) in [5, 5.41) is 8.26. The van der Waals surface area contributed by atoms with Crippen LogP contribution in [0.4, 0.5) is 0 Å². The zero-order valence-corrected chi connectivity index (χ0v) is 14.2. The zero-order valence-electron chi connectivity index (χ0n) is 12.4. The summed E-state index contributed by atoms with van der Waals surface area (Å²) in [6.07, 6.45) is 0. The highest BCUT2D eigenvalue weighted by molar-refractivity contribution is 7.79. The highest BCUT2D eigenvalue weighted by Crippen LogP contribution is 2.32. The predicted molar refractivity (Wildman–Crippen MR) is 106 cm³/mol. The fraction of sp³-hybridized carbons (Fsp3) is 0.0526. The van der Waals surface area contributed by atoms with Crippen LogP contribution in [0.5, 0.6) is 0 Å². The van der Waals surface area contributed by atoms with E-state index in [1.165, 1.54) is 15.9 Å². The maximum Gasteiger partial charge on any atom is 0.198 e. The van der Waals surface area contributed by atoms with Gasteiger partial charge in [0.05, 0.1) is 0 Å². The standard InChI is InChI=1S/C18H15P.CH4.H3NO2S/c1-4-10-16(11-5-1)19(17-12-6-2-7-13-17)18-14-8-3-9-15-18;;1-4(2)3/h1-15H;1H4;4H,(H2,1,2,3). The highest BCUT2D eigenvalue weighted by Gasteiger charge is 2.14. The van der Waals surface area contributed by atoms with E-state index in [0.717, 1.165) is 0 Å². The quantitative estimate of drug-likeness (QED) is 0.558. The van der Waals surface area contributed by atoms with E-state index in [9.17, 15) is 0 Å². The number of nitrogens with two attached hydrogens (primary N) is 1. The van der Waals surface area contributed by atoms with E-state index in [1.807, 2.05) is 0 Å². The molecule has 0 aliphatic carbocycles. The molecule has 0 spiro atoms. The largest absolute Gasteiger partial charge is 0.231 e. The van der Waals surface area contributed by atoms with Gasteiger partial charge in [0.2, 0.25) is 0 Å². The van der Waals surface area contributed by atoms with Gasteiger partial charge in [-0.2, -0.15) is 0 Å². The molecule has 3 aromatic rings. The second kappa shape index (κ2) is 10.7. The molecular formula is C19H22NO2PS. The lowest BCUT2D eigenvalue weighted by molar-refractivity contribution is 0.616. The summed E-state index contributed by atoms with van der Waals surface area (Å²) < 4.78 is 17.6. The molecule has 2 N–H and O–H groups in total. The Morgan fingerprint density at radius 3 is 1.00 bits per heavy atom. The Labute approximate surface area is 147 Å². The van der Waals surface area contributed by atoms with Crippen LogP contribution >= 0.6 is 7.92 Å². The first-order valence-corrected chi connectivity index (χ1v) is 9.61. The van der Waals surface area contributed by atoms with Crippen LogP contribution in [0.15, 0.2) is 91.0 Å². The third-order valence-electron chi connectivity index (χ3n) is 3.04. The van der Waals surface area contributed by atoms with E-state index in [1.54, 1.807) is 0 Å². The molecule has 5 heteroatoms. The Morgan fingerprint density at radius 1 is 0.583 bits per heavy atom. The Kier molecular flexibility index (Phi) is 8.95. The third-order valence-corrected chi connectivity index (χ3v) is 5.49. The van der Waals surface area contributed by atoms with Gasteiger partial charge in [-0.05, 0) is 23.8 Å². The first-order valence-electron chi connectivity index (χ1n) is 7.03. The van der Waals surface area contributed by atoms with Gasteiger partial charge >= 0.3 is 0 Å². The fourth-order valence-electron chi connectivity index (χ4n) is 2.18. The molecular weight excluding hydrogens is 337 g/mol. The van der Waals surface area contributed by atoms with Gasteiger partial charge < -0.3 is 0 Å². The van der Waals surface area contributed by atoms with Gasteiger partial charge in [0, 0.05) is 0 Å². The lowest BCUT2D eigenvalue weighted by Gasteiger charge is -2.18. The predicted octanol–water partition coefficient (Wildman–Crippen LogP) is 2.55. The Bertz CT molecular complexity index is 676. The molecule has 0 aliphatic heterocycles. The first kappa shape index (κ1) is 20.0. The molecule has 0 amide bonds. The maximum absolute atomic E-state index is 8.81. The maximum atomic E-state index is 8.81. The van der Waals surface area contributed by atoms with Crippen LogP contribution in [0.3, 0.4) is 0 Å². The van der Waals surface area contributed by atoms with Gasteiger partial charge in [-0.25, -0.2) is 13.6 Å². The molecule has 0 saturated carbocycles. The molecule has 24 heavy (non-hydrogen) atoms. The minimum Gasteiger partial charge on any atom is -0.231 e. The molecule has 3 nitrogen and oxygen atoms in total. The third kappa shape index (κ3) is 6.25. The van der Waals surface area contributed by atoms with E-state index < -0.39 is 18.8 Å². The summed E-state index contributed by atoms with van der Waals surface area (Å²) in [6, 6.07) is 32.3. The van der Waals surface area contributed by atoms with Gasteiger partial charge in [0.1, 0.15) is 0 Å².